The molecule has 0 aromatic carbocycles. The summed E-state index contributed by atoms with van der Waals surface area (Å²) in [6.07, 6.45) is 10.6. The van der Waals surface area contributed by atoms with Gasteiger partial charge in [0.1, 0.15) is 0 Å². The summed E-state index contributed by atoms with van der Waals surface area (Å²) >= 11 is 0. The van der Waals surface area contributed by atoms with Gasteiger partial charge in [0.25, 0.3) is 5.91 Å². The van der Waals surface area contributed by atoms with Gasteiger partial charge in [0.2, 0.25) is 0 Å². The summed E-state index contributed by atoms with van der Waals surface area (Å²) < 4.78 is 7.75. The third-order valence-electron chi connectivity index (χ3n) is 5.42. The third-order valence-corrected chi connectivity index (χ3v) is 5.42. The van der Waals surface area contributed by atoms with Crippen LogP contribution < -0.4 is 0 Å². The minimum absolute atomic E-state index is 0.0485. The number of hydrogen-bond acceptors (Lipinski definition) is 4. The molecule has 2 aromatic heterocycles. The maximum atomic E-state index is 12.9. The van der Waals surface area contributed by atoms with Crippen LogP contribution in [0.1, 0.15) is 61.8 Å². The summed E-state index contributed by atoms with van der Waals surface area (Å²) in [5, 5.41) is 5.49. The first kappa shape index (κ1) is 16.5. The number of fused-ring (bicyclic) bond motifs is 1. The smallest absolute Gasteiger partial charge is 0.255 e. The van der Waals surface area contributed by atoms with Crippen molar-refractivity contribution >= 4 is 16.9 Å². The lowest BCUT2D eigenvalue weighted by Gasteiger charge is -2.32. The molecule has 0 spiro atoms. The molecule has 0 N–H and O–H groups in total. The molecule has 2 fully saturated rings. The Balaban J connectivity index is 1.54. The minimum atomic E-state index is 0.0485. The second-order valence-electron chi connectivity index (χ2n) is 7.13. The van der Waals surface area contributed by atoms with Crippen LogP contribution in [0.25, 0.3) is 11.0 Å². The van der Waals surface area contributed by atoms with Gasteiger partial charge in [0.15, 0.2) is 5.65 Å². The fraction of sp³-hybridized carbons (Fsp3) is 0.632. The number of aromatic nitrogens is 3. The van der Waals surface area contributed by atoms with Crippen molar-refractivity contribution in [3.05, 3.63) is 24.0 Å². The molecule has 1 saturated carbocycles. The lowest BCUT2D eigenvalue weighted by Crippen LogP contribution is -2.43. The number of ether oxygens (including phenoxy) is 1. The average Bonchev–Trinajstić information content (AvgIpc) is 3.30. The molecule has 1 atom stereocenters. The lowest BCUT2D eigenvalue weighted by molar-refractivity contribution is 0.00723. The molecule has 3 heterocycles. The van der Waals surface area contributed by atoms with Crippen LogP contribution in [-0.4, -0.2) is 51.4 Å². The maximum Gasteiger partial charge on any atom is 0.255 e. The molecule has 6 nitrogen and oxygen atoms in total. The van der Waals surface area contributed by atoms with E-state index in [1.807, 2.05) is 28.8 Å². The zero-order chi connectivity index (χ0) is 17.2. The molecule has 0 bridgehead atoms. The number of piperidine rings is 1. The number of nitrogens with zero attached hydrogens (tertiary/aromatic N) is 4. The van der Waals surface area contributed by atoms with Gasteiger partial charge in [0.05, 0.1) is 23.9 Å². The standard InChI is InChI=1S/C19H26N4O2/c1-2-25-17-8-5-9-22(13-17)19(24)15-10-14-12-21-23(18(14)20-11-15)16-6-3-4-7-16/h10-12,16-17H,2-9,13H2,1H3. The van der Waals surface area contributed by atoms with Gasteiger partial charge in [-0.3, -0.25) is 4.79 Å². The molecule has 1 amide bonds. The van der Waals surface area contributed by atoms with Gasteiger partial charge < -0.3 is 9.64 Å². The summed E-state index contributed by atoms with van der Waals surface area (Å²) in [7, 11) is 0. The average molecular weight is 342 g/mol. The van der Waals surface area contributed by atoms with Crippen LogP contribution in [0.5, 0.6) is 0 Å². The summed E-state index contributed by atoms with van der Waals surface area (Å²) in [6.45, 7) is 4.16. The number of carbonyl (C=O) groups excluding carboxylic acids is 1. The Hall–Kier alpha value is -1.95. The van der Waals surface area contributed by atoms with Crippen molar-refractivity contribution in [2.75, 3.05) is 19.7 Å². The van der Waals surface area contributed by atoms with Gasteiger partial charge in [-0.15, -0.1) is 0 Å². The zero-order valence-electron chi connectivity index (χ0n) is 14.9. The third kappa shape index (κ3) is 3.27. The van der Waals surface area contributed by atoms with Crippen molar-refractivity contribution in [1.82, 2.24) is 19.7 Å². The molecule has 1 saturated heterocycles. The van der Waals surface area contributed by atoms with Crippen LogP contribution in [-0.2, 0) is 4.74 Å². The van der Waals surface area contributed by atoms with E-state index in [9.17, 15) is 4.79 Å². The van der Waals surface area contributed by atoms with Crippen molar-refractivity contribution in [3.8, 4) is 0 Å². The lowest BCUT2D eigenvalue weighted by atomic mass is 10.1. The molecule has 134 valence electrons. The van der Waals surface area contributed by atoms with Gasteiger partial charge in [-0.2, -0.15) is 5.10 Å². The van der Waals surface area contributed by atoms with Crippen LogP contribution >= 0.6 is 0 Å². The Morgan fingerprint density at radius 1 is 1.24 bits per heavy atom. The monoisotopic (exact) mass is 342 g/mol. The Kier molecular flexibility index (Phi) is 4.70. The topological polar surface area (TPSA) is 60.2 Å². The molecular weight excluding hydrogens is 316 g/mol. The van der Waals surface area contributed by atoms with Gasteiger partial charge in [-0.05, 0) is 38.7 Å². The summed E-state index contributed by atoms with van der Waals surface area (Å²) in [6, 6.07) is 2.40. The van der Waals surface area contributed by atoms with Crippen molar-refractivity contribution < 1.29 is 9.53 Å². The van der Waals surface area contributed by atoms with Gasteiger partial charge >= 0.3 is 0 Å². The van der Waals surface area contributed by atoms with Crippen molar-refractivity contribution in [2.24, 2.45) is 0 Å². The Bertz CT molecular complexity index is 749. The van der Waals surface area contributed by atoms with E-state index >= 15 is 0 Å². The van der Waals surface area contributed by atoms with E-state index in [-0.39, 0.29) is 12.0 Å². The SMILES string of the molecule is CCOC1CCCN(C(=O)c2cnc3c(cnn3C3CCCC3)c2)C1. The molecular formula is C19H26N4O2. The quantitative estimate of drug-likeness (QED) is 0.856. The predicted molar refractivity (Wildman–Crippen MR) is 95.6 cm³/mol. The second-order valence-corrected chi connectivity index (χ2v) is 7.13. The van der Waals surface area contributed by atoms with E-state index in [1.165, 1.54) is 25.7 Å². The normalized spacial score (nSPS) is 22.0. The highest BCUT2D eigenvalue weighted by Crippen LogP contribution is 2.31. The fourth-order valence-electron chi connectivity index (χ4n) is 4.15. The Labute approximate surface area is 148 Å². The Morgan fingerprint density at radius 2 is 2.08 bits per heavy atom. The largest absolute Gasteiger partial charge is 0.377 e. The van der Waals surface area contributed by atoms with Crippen molar-refractivity contribution in [1.29, 1.82) is 0 Å². The first-order chi connectivity index (χ1) is 12.3. The number of amides is 1. The van der Waals surface area contributed by atoms with E-state index in [1.54, 1.807) is 6.20 Å². The predicted octanol–water partition coefficient (Wildman–Crippen LogP) is 3.19. The molecule has 1 aliphatic heterocycles. The van der Waals surface area contributed by atoms with E-state index < -0.39 is 0 Å². The van der Waals surface area contributed by atoms with Crippen LogP contribution in [0.3, 0.4) is 0 Å². The minimum Gasteiger partial charge on any atom is -0.377 e. The number of carbonyl (C=O) groups is 1. The zero-order valence-corrected chi connectivity index (χ0v) is 14.9. The van der Waals surface area contributed by atoms with E-state index in [0.717, 1.165) is 30.4 Å². The molecule has 1 aliphatic carbocycles. The first-order valence-corrected chi connectivity index (χ1v) is 9.50. The molecule has 6 heteroatoms. The number of rotatable bonds is 4. The highest BCUT2D eigenvalue weighted by atomic mass is 16.5. The highest BCUT2D eigenvalue weighted by molar-refractivity contribution is 5.96. The van der Waals surface area contributed by atoms with E-state index in [0.29, 0.717) is 24.8 Å². The number of pyridine rings is 1. The molecule has 2 aliphatic rings. The van der Waals surface area contributed by atoms with Gasteiger partial charge in [-0.1, -0.05) is 12.8 Å². The Morgan fingerprint density at radius 3 is 2.88 bits per heavy atom. The highest BCUT2D eigenvalue weighted by Gasteiger charge is 2.26. The molecule has 2 aromatic rings. The van der Waals surface area contributed by atoms with Crippen LogP contribution in [0.4, 0.5) is 0 Å². The van der Waals surface area contributed by atoms with Crippen LogP contribution in [0.15, 0.2) is 18.5 Å². The summed E-state index contributed by atoms with van der Waals surface area (Å²) in [5.41, 5.74) is 1.55. The maximum absolute atomic E-state index is 12.9. The number of likely N-dealkylation sites (tertiary alicyclic amines) is 1. The first-order valence-electron chi connectivity index (χ1n) is 9.50. The molecule has 25 heavy (non-hydrogen) atoms. The number of hydrogen-bond donors (Lipinski definition) is 0. The summed E-state index contributed by atoms with van der Waals surface area (Å²) in [4.78, 5) is 19.3. The van der Waals surface area contributed by atoms with E-state index in [4.69, 9.17) is 4.74 Å². The molecule has 4 rings (SSSR count). The van der Waals surface area contributed by atoms with Crippen LogP contribution in [0, 0.1) is 0 Å². The van der Waals surface area contributed by atoms with E-state index in [2.05, 4.69) is 10.1 Å². The van der Waals surface area contributed by atoms with Crippen molar-refractivity contribution in [2.45, 2.75) is 57.6 Å². The molecule has 1 unspecified atom stereocenters. The second kappa shape index (κ2) is 7.12. The van der Waals surface area contributed by atoms with Crippen LogP contribution in [0.2, 0.25) is 0 Å². The fourth-order valence-corrected chi connectivity index (χ4v) is 4.15. The van der Waals surface area contributed by atoms with Crippen molar-refractivity contribution in [3.63, 3.8) is 0 Å². The molecule has 0 radical (unpaired) electrons. The van der Waals surface area contributed by atoms with Gasteiger partial charge in [0, 0.05) is 31.3 Å². The van der Waals surface area contributed by atoms with Gasteiger partial charge in [-0.25, -0.2) is 9.67 Å². The summed E-state index contributed by atoms with van der Waals surface area (Å²) in [5.74, 6) is 0.0485.